The number of rotatable bonds is 9. The lowest BCUT2D eigenvalue weighted by atomic mass is 10.1. The van der Waals surface area contributed by atoms with Crippen LogP contribution in [0.15, 0.2) is 52.2 Å². The number of hydrogen-bond acceptors (Lipinski definition) is 6. The number of hydrogen-bond donors (Lipinski definition) is 2. The van der Waals surface area contributed by atoms with Gasteiger partial charge in [-0.15, -0.1) is 0 Å². The molecule has 0 aliphatic carbocycles. The van der Waals surface area contributed by atoms with Gasteiger partial charge in [0, 0.05) is 32.6 Å². The van der Waals surface area contributed by atoms with Crippen LogP contribution in [0.4, 0.5) is 0 Å². The van der Waals surface area contributed by atoms with Crippen LogP contribution in [-0.4, -0.2) is 46.1 Å². The normalized spacial score (nSPS) is 12.7. The molecule has 0 fully saturated rings. The first kappa shape index (κ1) is 20.5. The van der Waals surface area contributed by atoms with Gasteiger partial charge in [-0.1, -0.05) is 17.3 Å². The van der Waals surface area contributed by atoms with Gasteiger partial charge in [-0.05, 0) is 44.0 Å². The molecule has 2 aromatic heterocycles. The maximum atomic E-state index is 5.47. The third kappa shape index (κ3) is 5.89. The van der Waals surface area contributed by atoms with E-state index >= 15 is 0 Å². The number of guanidine groups is 1. The van der Waals surface area contributed by atoms with Crippen molar-refractivity contribution in [3.63, 3.8) is 0 Å². The fourth-order valence-corrected chi connectivity index (χ4v) is 2.77. The number of nitrogens with zero attached hydrogens (tertiary/aromatic N) is 5. The second-order valence-electron chi connectivity index (χ2n) is 6.36. The molecule has 3 aromatic rings. The molecule has 1 unspecified atom stereocenters. The van der Waals surface area contributed by atoms with Gasteiger partial charge in [0.15, 0.2) is 11.8 Å². The maximum absolute atomic E-state index is 5.47. The second kappa shape index (κ2) is 10.4. The quantitative estimate of drug-likeness (QED) is 0.422. The Kier molecular flexibility index (Phi) is 7.34. The van der Waals surface area contributed by atoms with E-state index in [-0.39, 0.29) is 6.10 Å². The van der Waals surface area contributed by atoms with E-state index in [1.165, 1.54) is 5.56 Å². The van der Waals surface area contributed by atoms with Crippen molar-refractivity contribution >= 4 is 5.96 Å². The molecule has 0 aliphatic heterocycles. The summed E-state index contributed by atoms with van der Waals surface area (Å²) in [5.74, 6) is 1.71. The molecule has 0 aliphatic rings. The molecule has 0 amide bonds. The molecule has 2 N–H and O–H groups in total. The van der Waals surface area contributed by atoms with Crippen molar-refractivity contribution in [3.8, 4) is 5.69 Å². The summed E-state index contributed by atoms with van der Waals surface area (Å²) in [6.07, 6.45) is 4.38. The molecule has 3 rings (SSSR count). The molecule has 0 spiro atoms. The number of nitrogens with one attached hydrogen (secondary N) is 2. The summed E-state index contributed by atoms with van der Waals surface area (Å²) < 4.78 is 12.6. The minimum Gasteiger partial charge on any atom is -0.371 e. The summed E-state index contributed by atoms with van der Waals surface area (Å²) in [6, 6.07) is 10.2. The Hall–Kier alpha value is -3.20. The fourth-order valence-electron chi connectivity index (χ4n) is 2.77. The predicted octanol–water partition coefficient (Wildman–Crippen LogP) is 2.26. The van der Waals surface area contributed by atoms with Crippen LogP contribution >= 0.6 is 0 Å². The first-order valence-corrected chi connectivity index (χ1v) is 9.67. The molecule has 0 bridgehead atoms. The summed E-state index contributed by atoms with van der Waals surface area (Å²) in [5.41, 5.74) is 2.28. The van der Waals surface area contributed by atoms with E-state index in [9.17, 15) is 0 Å². The van der Waals surface area contributed by atoms with Gasteiger partial charge in [0.1, 0.15) is 6.10 Å². The van der Waals surface area contributed by atoms with Crippen LogP contribution in [0.25, 0.3) is 5.69 Å². The molecular weight excluding hydrogens is 370 g/mol. The van der Waals surface area contributed by atoms with Gasteiger partial charge in [-0.2, -0.15) is 10.1 Å². The standard InChI is InChI=1S/C20H27N7O2/c1-4-28-15(2)19-25-18(29-26-19)14-23-20(21-3)22-12-10-16-6-8-17(9-7-16)27-13-5-11-24-27/h5-9,11,13,15H,4,10,12,14H2,1-3H3,(H2,21,22,23). The molecular formula is C20H27N7O2. The van der Waals surface area contributed by atoms with Crippen LogP contribution in [0.1, 0.15) is 37.2 Å². The van der Waals surface area contributed by atoms with E-state index in [0.29, 0.717) is 30.8 Å². The SMILES string of the molecule is CCOC(C)c1noc(CNC(=NC)NCCc2ccc(-n3cccn3)cc2)n1. The second-order valence-corrected chi connectivity index (χ2v) is 6.36. The number of benzene rings is 1. The molecule has 2 heterocycles. The van der Waals surface area contributed by atoms with Crippen molar-refractivity contribution in [2.75, 3.05) is 20.2 Å². The van der Waals surface area contributed by atoms with Crippen molar-refractivity contribution in [3.05, 3.63) is 60.0 Å². The highest BCUT2D eigenvalue weighted by Gasteiger charge is 2.13. The first-order chi connectivity index (χ1) is 14.2. The number of ether oxygens (including phenoxy) is 1. The Morgan fingerprint density at radius 2 is 2.10 bits per heavy atom. The Morgan fingerprint density at radius 3 is 2.79 bits per heavy atom. The maximum Gasteiger partial charge on any atom is 0.246 e. The van der Waals surface area contributed by atoms with E-state index < -0.39 is 0 Å². The Bertz CT molecular complexity index is 888. The Balaban J connectivity index is 1.42. The van der Waals surface area contributed by atoms with Gasteiger partial charge >= 0.3 is 0 Å². The molecule has 9 heteroatoms. The number of aliphatic imine (C=N–C) groups is 1. The molecule has 154 valence electrons. The summed E-state index contributed by atoms with van der Waals surface area (Å²) in [6.45, 7) is 5.57. The summed E-state index contributed by atoms with van der Waals surface area (Å²) in [7, 11) is 1.73. The van der Waals surface area contributed by atoms with Crippen LogP contribution in [0, 0.1) is 0 Å². The van der Waals surface area contributed by atoms with Crippen molar-refractivity contribution in [1.82, 2.24) is 30.6 Å². The minimum atomic E-state index is -0.186. The molecule has 0 saturated carbocycles. The van der Waals surface area contributed by atoms with E-state index in [2.05, 4.69) is 55.1 Å². The van der Waals surface area contributed by atoms with Crippen molar-refractivity contribution in [2.45, 2.75) is 32.9 Å². The van der Waals surface area contributed by atoms with Crippen molar-refractivity contribution < 1.29 is 9.26 Å². The van der Waals surface area contributed by atoms with Crippen molar-refractivity contribution in [1.29, 1.82) is 0 Å². The highest BCUT2D eigenvalue weighted by atomic mass is 16.5. The predicted molar refractivity (Wildman–Crippen MR) is 110 cm³/mol. The Morgan fingerprint density at radius 1 is 1.28 bits per heavy atom. The smallest absolute Gasteiger partial charge is 0.246 e. The van der Waals surface area contributed by atoms with Crippen LogP contribution in [0.3, 0.4) is 0 Å². The van der Waals surface area contributed by atoms with E-state index in [0.717, 1.165) is 18.7 Å². The van der Waals surface area contributed by atoms with E-state index in [4.69, 9.17) is 9.26 Å². The average Bonchev–Trinajstić information content (AvgIpc) is 3.43. The van der Waals surface area contributed by atoms with Crippen molar-refractivity contribution in [2.24, 2.45) is 4.99 Å². The van der Waals surface area contributed by atoms with Gasteiger partial charge < -0.3 is 19.9 Å². The molecule has 0 radical (unpaired) electrons. The summed E-state index contributed by atoms with van der Waals surface area (Å²) in [5, 5.41) is 14.6. The number of aromatic nitrogens is 4. The topological polar surface area (TPSA) is 102 Å². The lowest BCUT2D eigenvalue weighted by Crippen LogP contribution is -2.37. The molecule has 1 aromatic carbocycles. The van der Waals surface area contributed by atoms with Gasteiger partial charge in [-0.3, -0.25) is 4.99 Å². The van der Waals surface area contributed by atoms with Crippen LogP contribution in [0.2, 0.25) is 0 Å². The van der Waals surface area contributed by atoms with Gasteiger partial charge in [0.25, 0.3) is 0 Å². The minimum absolute atomic E-state index is 0.186. The van der Waals surface area contributed by atoms with Crippen LogP contribution in [-0.2, 0) is 17.7 Å². The molecule has 9 nitrogen and oxygen atoms in total. The lowest BCUT2D eigenvalue weighted by Gasteiger charge is -2.10. The highest BCUT2D eigenvalue weighted by Crippen LogP contribution is 2.12. The largest absolute Gasteiger partial charge is 0.371 e. The average molecular weight is 397 g/mol. The van der Waals surface area contributed by atoms with Crippen LogP contribution in [0.5, 0.6) is 0 Å². The molecule has 1 atom stereocenters. The third-order valence-electron chi connectivity index (χ3n) is 4.31. The zero-order chi connectivity index (χ0) is 20.5. The van der Waals surface area contributed by atoms with E-state index in [1.54, 1.807) is 13.2 Å². The van der Waals surface area contributed by atoms with Gasteiger partial charge in [0.2, 0.25) is 5.89 Å². The fraction of sp³-hybridized carbons (Fsp3) is 0.400. The third-order valence-corrected chi connectivity index (χ3v) is 4.31. The van der Waals surface area contributed by atoms with E-state index in [1.807, 2.05) is 30.8 Å². The Labute approximate surface area is 170 Å². The lowest BCUT2D eigenvalue weighted by molar-refractivity contribution is 0.0683. The first-order valence-electron chi connectivity index (χ1n) is 9.67. The molecule has 0 saturated heterocycles. The monoisotopic (exact) mass is 397 g/mol. The zero-order valence-corrected chi connectivity index (χ0v) is 17.0. The molecule has 29 heavy (non-hydrogen) atoms. The van der Waals surface area contributed by atoms with Crippen LogP contribution < -0.4 is 10.6 Å². The highest BCUT2D eigenvalue weighted by molar-refractivity contribution is 5.79. The summed E-state index contributed by atoms with van der Waals surface area (Å²) >= 11 is 0. The zero-order valence-electron chi connectivity index (χ0n) is 17.0. The van der Waals surface area contributed by atoms with Gasteiger partial charge in [-0.25, -0.2) is 4.68 Å². The van der Waals surface area contributed by atoms with Gasteiger partial charge in [0.05, 0.1) is 12.2 Å². The summed E-state index contributed by atoms with van der Waals surface area (Å²) in [4.78, 5) is 8.56.